The van der Waals surface area contributed by atoms with Crippen LogP contribution in [0.4, 0.5) is 0 Å². The zero-order valence-electron chi connectivity index (χ0n) is 13.5. The number of hydrogen-bond donors (Lipinski definition) is 1. The quantitative estimate of drug-likeness (QED) is 0.898. The van der Waals surface area contributed by atoms with Gasteiger partial charge in [0.05, 0.1) is 11.1 Å². The van der Waals surface area contributed by atoms with E-state index in [2.05, 4.69) is 10.7 Å². The highest BCUT2D eigenvalue weighted by Gasteiger charge is 2.27. The van der Waals surface area contributed by atoms with Crippen LogP contribution in [-0.4, -0.2) is 44.5 Å². The molecule has 5 nitrogen and oxygen atoms in total. The van der Waals surface area contributed by atoms with Crippen LogP contribution in [0, 0.1) is 5.92 Å². The van der Waals surface area contributed by atoms with Crippen molar-refractivity contribution < 1.29 is 13.2 Å². The van der Waals surface area contributed by atoms with Crippen molar-refractivity contribution >= 4 is 27.3 Å². The summed E-state index contributed by atoms with van der Waals surface area (Å²) in [6.07, 6.45) is 7.56. The van der Waals surface area contributed by atoms with Gasteiger partial charge in [-0.25, -0.2) is 12.7 Å². The lowest BCUT2D eigenvalue weighted by molar-refractivity contribution is 0.0944. The van der Waals surface area contributed by atoms with E-state index in [0.717, 1.165) is 37.0 Å². The lowest BCUT2D eigenvalue weighted by atomic mass is 9.93. The number of nitrogens with zero attached hydrogens (tertiary/aromatic N) is 1. The summed E-state index contributed by atoms with van der Waals surface area (Å²) in [7, 11) is -3.13. The molecular weight excluding hydrogens is 332 g/mol. The Kier molecular flexibility index (Phi) is 5.08. The van der Waals surface area contributed by atoms with E-state index in [1.165, 1.54) is 28.1 Å². The summed E-state index contributed by atoms with van der Waals surface area (Å²) >= 11 is 1.55. The number of piperidine rings is 1. The van der Waals surface area contributed by atoms with Gasteiger partial charge in [-0.2, -0.15) is 0 Å². The van der Waals surface area contributed by atoms with Gasteiger partial charge in [-0.15, -0.1) is 11.3 Å². The van der Waals surface area contributed by atoms with Gasteiger partial charge in [-0.3, -0.25) is 4.79 Å². The van der Waals surface area contributed by atoms with Crippen LogP contribution in [-0.2, 0) is 22.9 Å². The normalized spacial score (nSPS) is 22.6. The van der Waals surface area contributed by atoms with Crippen LogP contribution in [0.3, 0.4) is 0 Å². The van der Waals surface area contributed by atoms with Gasteiger partial charge in [0, 0.05) is 19.6 Å². The number of carbonyl (C=O) groups excluding carboxylic acids is 1. The molecule has 128 valence electrons. The van der Waals surface area contributed by atoms with E-state index in [1.54, 1.807) is 11.3 Å². The minimum Gasteiger partial charge on any atom is -0.351 e. The number of nitrogens with one attached hydrogen (secondary N) is 1. The molecule has 0 aromatic carbocycles. The van der Waals surface area contributed by atoms with E-state index in [-0.39, 0.29) is 11.8 Å². The maximum atomic E-state index is 12.5. The Labute approximate surface area is 142 Å². The topological polar surface area (TPSA) is 66.5 Å². The average molecular weight is 357 g/mol. The number of thiophene rings is 1. The summed E-state index contributed by atoms with van der Waals surface area (Å²) in [4.78, 5) is 13.3. The van der Waals surface area contributed by atoms with Crippen LogP contribution in [0.15, 0.2) is 5.38 Å². The predicted octanol–water partition coefficient (Wildman–Crippen LogP) is 2.03. The number of hydrogen-bond acceptors (Lipinski definition) is 4. The van der Waals surface area contributed by atoms with Crippen molar-refractivity contribution in [3.63, 3.8) is 0 Å². The molecule has 23 heavy (non-hydrogen) atoms. The maximum absolute atomic E-state index is 12.5. The standard InChI is InChI=1S/C16H24N2O3S2/c1-23(20,21)18-8-4-5-12(10-18)9-17-16(19)15-14-7-3-2-6-13(14)11-22-15/h11-12H,2-10H2,1H3,(H,17,19)/t12-/m1/s1. The molecule has 0 unspecified atom stereocenters. The summed E-state index contributed by atoms with van der Waals surface area (Å²) in [5.41, 5.74) is 2.58. The molecule has 1 N–H and O–H groups in total. The molecular formula is C16H24N2O3S2. The van der Waals surface area contributed by atoms with E-state index in [1.807, 2.05) is 0 Å². The molecule has 1 aromatic heterocycles. The van der Waals surface area contributed by atoms with Gasteiger partial charge < -0.3 is 5.32 Å². The number of rotatable bonds is 4. The molecule has 1 atom stereocenters. The highest BCUT2D eigenvalue weighted by molar-refractivity contribution is 7.88. The minimum absolute atomic E-state index is 0.00892. The fourth-order valence-electron chi connectivity index (χ4n) is 3.52. The third-order valence-corrected chi connectivity index (χ3v) is 7.15. The largest absolute Gasteiger partial charge is 0.351 e. The van der Waals surface area contributed by atoms with Gasteiger partial charge in [0.2, 0.25) is 10.0 Å². The Morgan fingerprint density at radius 1 is 1.35 bits per heavy atom. The average Bonchev–Trinajstić information content (AvgIpc) is 2.96. The second-order valence-corrected chi connectivity index (χ2v) is 9.48. The smallest absolute Gasteiger partial charge is 0.261 e. The summed E-state index contributed by atoms with van der Waals surface area (Å²) < 4.78 is 24.8. The van der Waals surface area contributed by atoms with Crippen molar-refractivity contribution in [2.24, 2.45) is 5.92 Å². The second kappa shape index (κ2) is 6.91. The van der Waals surface area contributed by atoms with Crippen LogP contribution in [0.25, 0.3) is 0 Å². The van der Waals surface area contributed by atoms with Crippen LogP contribution in [0.1, 0.15) is 46.5 Å². The van der Waals surface area contributed by atoms with Crippen LogP contribution >= 0.6 is 11.3 Å². The van der Waals surface area contributed by atoms with Crippen LogP contribution in [0.2, 0.25) is 0 Å². The first-order valence-electron chi connectivity index (χ1n) is 8.27. The predicted molar refractivity (Wildman–Crippen MR) is 92.4 cm³/mol. The molecule has 0 radical (unpaired) electrons. The van der Waals surface area contributed by atoms with Crippen molar-refractivity contribution in [3.8, 4) is 0 Å². The summed E-state index contributed by atoms with van der Waals surface area (Å²) in [6.45, 7) is 1.67. The van der Waals surface area contributed by atoms with Crippen molar-refractivity contribution in [3.05, 3.63) is 21.4 Å². The van der Waals surface area contributed by atoms with E-state index in [0.29, 0.717) is 19.6 Å². The first-order valence-corrected chi connectivity index (χ1v) is 11.0. The van der Waals surface area contributed by atoms with Gasteiger partial charge in [0.15, 0.2) is 0 Å². The van der Waals surface area contributed by atoms with Crippen molar-refractivity contribution in [2.45, 2.75) is 38.5 Å². The fourth-order valence-corrected chi connectivity index (χ4v) is 5.54. The molecule has 0 saturated carbocycles. The van der Waals surface area contributed by atoms with Gasteiger partial charge in [0.1, 0.15) is 0 Å². The fraction of sp³-hybridized carbons (Fsp3) is 0.688. The third-order valence-electron chi connectivity index (χ3n) is 4.81. The second-order valence-electron chi connectivity index (χ2n) is 6.62. The molecule has 1 saturated heterocycles. The van der Waals surface area contributed by atoms with Crippen molar-refractivity contribution in [2.75, 3.05) is 25.9 Å². The molecule has 1 aliphatic heterocycles. The molecule has 1 amide bonds. The van der Waals surface area contributed by atoms with E-state index in [4.69, 9.17) is 0 Å². The zero-order valence-corrected chi connectivity index (χ0v) is 15.1. The molecule has 0 spiro atoms. The van der Waals surface area contributed by atoms with E-state index < -0.39 is 10.0 Å². The molecule has 1 aromatic rings. The van der Waals surface area contributed by atoms with E-state index in [9.17, 15) is 13.2 Å². The summed E-state index contributed by atoms with van der Waals surface area (Å²) in [5.74, 6) is 0.216. The highest BCUT2D eigenvalue weighted by Crippen LogP contribution is 2.29. The van der Waals surface area contributed by atoms with Crippen LogP contribution < -0.4 is 5.32 Å². The molecule has 2 aliphatic rings. The monoisotopic (exact) mass is 356 g/mol. The van der Waals surface area contributed by atoms with Gasteiger partial charge in [0.25, 0.3) is 5.91 Å². The number of carbonyl (C=O) groups is 1. The van der Waals surface area contributed by atoms with Crippen molar-refractivity contribution in [1.82, 2.24) is 9.62 Å². The third kappa shape index (κ3) is 3.95. The molecule has 1 fully saturated rings. The summed E-state index contributed by atoms with van der Waals surface area (Å²) in [5, 5.41) is 5.15. The first-order chi connectivity index (χ1) is 10.9. The molecule has 7 heteroatoms. The number of sulfonamides is 1. The Morgan fingerprint density at radius 3 is 2.91 bits per heavy atom. The van der Waals surface area contributed by atoms with Gasteiger partial charge in [-0.1, -0.05) is 0 Å². The van der Waals surface area contributed by atoms with Gasteiger partial charge >= 0.3 is 0 Å². The minimum atomic E-state index is -3.13. The van der Waals surface area contributed by atoms with E-state index >= 15 is 0 Å². The molecule has 1 aliphatic carbocycles. The Hall–Kier alpha value is -0.920. The highest BCUT2D eigenvalue weighted by atomic mass is 32.2. The number of fused-ring (bicyclic) bond motifs is 1. The van der Waals surface area contributed by atoms with Gasteiger partial charge in [-0.05, 0) is 60.9 Å². The lowest BCUT2D eigenvalue weighted by Gasteiger charge is -2.31. The van der Waals surface area contributed by atoms with Crippen molar-refractivity contribution in [1.29, 1.82) is 0 Å². The SMILES string of the molecule is CS(=O)(=O)N1CCC[C@H](CNC(=O)c2scc3c2CCCC3)C1. The molecule has 0 bridgehead atoms. The molecule has 3 rings (SSSR count). The zero-order chi connectivity index (χ0) is 16.4. The number of aryl methyl sites for hydroxylation is 1. The number of amides is 1. The Bertz CT molecular complexity index is 681. The van der Waals surface area contributed by atoms with Crippen LogP contribution in [0.5, 0.6) is 0 Å². The Morgan fingerprint density at radius 2 is 2.13 bits per heavy atom. The lowest BCUT2D eigenvalue weighted by Crippen LogP contribution is -2.43. The first kappa shape index (κ1) is 16.9. The Balaban J connectivity index is 1.58. The summed E-state index contributed by atoms with van der Waals surface area (Å²) in [6, 6.07) is 0. The molecule has 2 heterocycles. The maximum Gasteiger partial charge on any atom is 0.261 e.